The van der Waals surface area contributed by atoms with Crippen molar-refractivity contribution in [2.75, 3.05) is 14.2 Å². The summed E-state index contributed by atoms with van der Waals surface area (Å²) in [6.45, 7) is 0.0426. The van der Waals surface area contributed by atoms with Crippen molar-refractivity contribution in [3.05, 3.63) is 65.2 Å². The number of hydrogen-bond donors (Lipinski definition) is 1. The number of likely N-dealkylation sites (N-methyl/N-ethyl adjacent to an activating group) is 1. The summed E-state index contributed by atoms with van der Waals surface area (Å²) in [6, 6.07) is 10.2. The van der Waals surface area contributed by atoms with E-state index in [0.29, 0.717) is 11.1 Å². The van der Waals surface area contributed by atoms with Gasteiger partial charge in [0.05, 0.1) is 0 Å². The number of carbonyl (C=O) groups excluding carboxylic acids is 1. The van der Waals surface area contributed by atoms with E-state index in [1.165, 1.54) is 20.2 Å². The van der Waals surface area contributed by atoms with Gasteiger partial charge in [-0.15, -0.1) is 0 Å². The summed E-state index contributed by atoms with van der Waals surface area (Å²) in [5.41, 5.74) is 1.24. The van der Waals surface area contributed by atoms with Gasteiger partial charge in [0.1, 0.15) is 19.5 Å². The molecule has 2 rings (SSSR count). The van der Waals surface area contributed by atoms with Crippen LogP contribution in [0.3, 0.4) is 0 Å². The van der Waals surface area contributed by atoms with Gasteiger partial charge in [-0.2, -0.15) is 0 Å². The number of oxime groups is 1. The Morgan fingerprint density at radius 3 is 2.58 bits per heavy atom. The second-order valence-corrected chi connectivity index (χ2v) is 4.72. The molecule has 2 aromatic rings. The third-order valence-electron chi connectivity index (χ3n) is 3.18. The highest BCUT2D eigenvalue weighted by molar-refractivity contribution is 6.45. The highest BCUT2D eigenvalue weighted by atomic mass is 19.2. The second kappa shape index (κ2) is 8.05. The summed E-state index contributed by atoms with van der Waals surface area (Å²) in [5.74, 6) is -2.18. The number of amides is 1. The van der Waals surface area contributed by atoms with E-state index >= 15 is 0 Å². The molecule has 0 saturated carbocycles. The second-order valence-electron chi connectivity index (χ2n) is 4.72. The van der Waals surface area contributed by atoms with Crippen LogP contribution in [0.5, 0.6) is 5.75 Å². The van der Waals surface area contributed by atoms with Crippen LogP contribution in [0.4, 0.5) is 8.78 Å². The van der Waals surface area contributed by atoms with E-state index in [1.807, 2.05) is 0 Å². The standard InChI is InChI=1S/C17H16F2N2O3/c1-20-17(22)16(21-23-2)13-6-4-3-5-11(13)10-24-12-7-8-14(18)15(19)9-12/h3-9H,10H2,1-2H3,(H,20,22)/b21-16-. The molecule has 7 heteroatoms. The zero-order valence-corrected chi connectivity index (χ0v) is 13.2. The number of ether oxygens (including phenoxy) is 1. The number of halogens is 2. The lowest BCUT2D eigenvalue weighted by Gasteiger charge is -2.12. The highest BCUT2D eigenvalue weighted by Gasteiger charge is 2.17. The molecule has 0 bridgehead atoms. The van der Waals surface area contributed by atoms with Crippen LogP contribution < -0.4 is 10.1 Å². The average molecular weight is 334 g/mol. The van der Waals surface area contributed by atoms with Crippen molar-refractivity contribution in [3.63, 3.8) is 0 Å². The normalized spacial score (nSPS) is 11.1. The summed E-state index contributed by atoms with van der Waals surface area (Å²) < 4.78 is 31.6. The van der Waals surface area contributed by atoms with Gasteiger partial charge in [0.15, 0.2) is 17.3 Å². The maximum atomic E-state index is 13.2. The highest BCUT2D eigenvalue weighted by Crippen LogP contribution is 2.18. The first kappa shape index (κ1) is 17.4. The smallest absolute Gasteiger partial charge is 0.273 e. The fourth-order valence-electron chi connectivity index (χ4n) is 2.03. The van der Waals surface area contributed by atoms with Gasteiger partial charge < -0.3 is 14.9 Å². The Morgan fingerprint density at radius 1 is 1.17 bits per heavy atom. The first-order chi connectivity index (χ1) is 11.6. The third kappa shape index (κ3) is 4.07. The topological polar surface area (TPSA) is 59.9 Å². The minimum Gasteiger partial charge on any atom is -0.489 e. The molecule has 24 heavy (non-hydrogen) atoms. The van der Waals surface area contributed by atoms with Crippen LogP contribution in [0.2, 0.25) is 0 Å². The molecule has 0 atom stereocenters. The molecule has 0 aliphatic heterocycles. The van der Waals surface area contributed by atoms with Crippen molar-refractivity contribution in [2.45, 2.75) is 6.61 Å². The summed E-state index contributed by atoms with van der Waals surface area (Å²) in [6.07, 6.45) is 0. The van der Waals surface area contributed by atoms with Gasteiger partial charge >= 0.3 is 0 Å². The predicted octanol–water partition coefficient (Wildman–Crippen LogP) is 2.64. The van der Waals surface area contributed by atoms with E-state index in [0.717, 1.165) is 12.1 Å². The number of nitrogens with zero attached hydrogens (tertiary/aromatic N) is 1. The lowest BCUT2D eigenvalue weighted by molar-refractivity contribution is -0.114. The van der Waals surface area contributed by atoms with Crippen molar-refractivity contribution in [3.8, 4) is 5.75 Å². The van der Waals surface area contributed by atoms with E-state index in [4.69, 9.17) is 9.57 Å². The quantitative estimate of drug-likeness (QED) is 0.653. The number of rotatable bonds is 6. The lowest BCUT2D eigenvalue weighted by Crippen LogP contribution is -2.29. The maximum Gasteiger partial charge on any atom is 0.273 e. The minimum absolute atomic E-state index is 0.0426. The largest absolute Gasteiger partial charge is 0.489 e. The minimum atomic E-state index is -0.993. The molecule has 0 spiro atoms. The Labute approximate surface area is 137 Å². The monoisotopic (exact) mass is 334 g/mol. The van der Waals surface area contributed by atoms with Crippen LogP contribution >= 0.6 is 0 Å². The van der Waals surface area contributed by atoms with Crippen molar-refractivity contribution in [2.24, 2.45) is 5.16 Å². The van der Waals surface area contributed by atoms with Gasteiger partial charge in [-0.25, -0.2) is 8.78 Å². The molecule has 0 heterocycles. The van der Waals surface area contributed by atoms with Crippen LogP contribution in [0.1, 0.15) is 11.1 Å². The first-order valence-corrected chi connectivity index (χ1v) is 7.06. The van der Waals surface area contributed by atoms with E-state index in [1.54, 1.807) is 24.3 Å². The lowest BCUT2D eigenvalue weighted by atomic mass is 10.0. The predicted molar refractivity (Wildman–Crippen MR) is 84.7 cm³/mol. The Hall–Kier alpha value is -2.96. The Kier molecular flexibility index (Phi) is 5.83. The summed E-state index contributed by atoms with van der Waals surface area (Å²) in [4.78, 5) is 16.7. The van der Waals surface area contributed by atoms with E-state index < -0.39 is 17.5 Å². The van der Waals surface area contributed by atoms with Gasteiger partial charge in [-0.3, -0.25) is 4.79 Å². The molecule has 0 radical (unpaired) electrons. The molecule has 1 amide bonds. The Bertz CT molecular complexity index is 763. The van der Waals surface area contributed by atoms with Crippen LogP contribution in [-0.4, -0.2) is 25.8 Å². The zero-order valence-electron chi connectivity index (χ0n) is 13.2. The van der Waals surface area contributed by atoms with E-state index in [9.17, 15) is 13.6 Å². The average Bonchev–Trinajstić information content (AvgIpc) is 2.60. The SMILES string of the molecule is CNC(=O)/C(=N\OC)c1ccccc1COc1ccc(F)c(F)c1. The number of hydrogen-bond acceptors (Lipinski definition) is 4. The van der Waals surface area contributed by atoms with Crippen LogP contribution in [0, 0.1) is 11.6 Å². The number of benzene rings is 2. The van der Waals surface area contributed by atoms with Crippen LogP contribution in [0.15, 0.2) is 47.6 Å². The molecule has 0 aliphatic carbocycles. The Balaban J connectivity index is 2.26. The maximum absolute atomic E-state index is 13.2. The molecule has 5 nitrogen and oxygen atoms in total. The molecular formula is C17H16F2N2O3. The van der Waals surface area contributed by atoms with Crippen molar-refractivity contribution < 1.29 is 23.1 Å². The molecule has 0 aliphatic rings. The number of nitrogens with one attached hydrogen (secondary N) is 1. The molecular weight excluding hydrogens is 318 g/mol. The molecule has 0 fully saturated rings. The van der Waals surface area contributed by atoms with Gasteiger partial charge in [0.25, 0.3) is 5.91 Å². The van der Waals surface area contributed by atoms with Gasteiger partial charge in [0.2, 0.25) is 0 Å². The third-order valence-corrected chi connectivity index (χ3v) is 3.18. The molecule has 0 aromatic heterocycles. The summed E-state index contributed by atoms with van der Waals surface area (Å²) in [7, 11) is 2.82. The molecule has 0 saturated heterocycles. The van der Waals surface area contributed by atoms with Crippen molar-refractivity contribution in [1.29, 1.82) is 0 Å². The Morgan fingerprint density at radius 2 is 1.92 bits per heavy atom. The summed E-state index contributed by atoms with van der Waals surface area (Å²) >= 11 is 0. The first-order valence-electron chi connectivity index (χ1n) is 7.06. The van der Waals surface area contributed by atoms with Crippen molar-refractivity contribution in [1.82, 2.24) is 5.32 Å². The fraction of sp³-hybridized carbons (Fsp3) is 0.176. The van der Waals surface area contributed by atoms with Gasteiger partial charge in [0, 0.05) is 18.7 Å². The van der Waals surface area contributed by atoms with Gasteiger partial charge in [-0.05, 0) is 17.7 Å². The summed E-state index contributed by atoms with van der Waals surface area (Å²) in [5, 5.41) is 6.23. The molecule has 2 aromatic carbocycles. The number of carbonyl (C=O) groups is 1. The van der Waals surface area contributed by atoms with Crippen LogP contribution in [-0.2, 0) is 16.2 Å². The van der Waals surface area contributed by atoms with E-state index in [-0.39, 0.29) is 18.1 Å². The zero-order chi connectivity index (χ0) is 17.5. The van der Waals surface area contributed by atoms with Crippen molar-refractivity contribution >= 4 is 11.6 Å². The molecule has 126 valence electrons. The fourth-order valence-corrected chi connectivity index (χ4v) is 2.03. The molecule has 1 N–H and O–H groups in total. The van der Waals surface area contributed by atoms with E-state index in [2.05, 4.69) is 10.5 Å². The van der Waals surface area contributed by atoms with Crippen LogP contribution in [0.25, 0.3) is 0 Å². The molecule has 0 unspecified atom stereocenters. The van der Waals surface area contributed by atoms with Gasteiger partial charge in [-0.1, -0.05) is 29.4 Å².